The van der Waals surface area contributed by atoms with Crippen molar-refractivity contribution in [1.82, 2.24) is 16.2 Å². The van der Waals surface area contributed by atoms with Gasteiger partial charge < -0.3 is 11.1 Å². The van der Waals surface area contributed by atoms with Crippen LogP contribution in [0.1, 0.15) is 32.1 Å². The van der Waals surface area contributed by atoms with Crippen LogP contribution in [0.3, 0.4) is 0 Å². The van der Waals surface area contributed by atoms with Gasteiger partial charge in [0.25, 0.3) is 0 Å². The second-order valence-electron chi connectivity index (χ2n) is 3.42. The maximum absolute atomic E-state index is 5.24. The summed E-state index contributed by atoms with van der Waals surface area (Å²) in [6.45, 7) is 0. The topological polar surface area (TPSA) is 62.1 Å². The van der Waals surface area contributed by atoms with Gasteiger partial charge in [0.15, 0.2) is 10.2 Å². The Kier molecular flexibility index (Phi) is 4.89. The molecule has 0 radical (unpaired) electrons. The first-order valence-electron chi connectivity index (χ1n) is 4.80. The van der Waals surface area contributed by atoms with E-state index in [9.17, 15) is 0 Å². The molecule has 0 bridgehead atoms. The number of hydrazine groups is 1. The lowest BCUT2D eigenvalue weighted by Crippen LogP contribution is -2.51. The van der Waals surface area contributed by atoms with E-state index in [1.165, 1.54) is 32.1 Å². The SMILES string of the molecule is NC(=S)NNC(=S)NC1CCCCC1. The van der Waals surface area contributed by atoms with Gasteiger partial charge in [0, 0.05) is 6.04 Å². The number of thiocarbonyl (C=S) groups is 2. The standard InChI is InChI=1S/C8H16N4S2/c9-7(13)11-12-8(14)10-6-4-2-1-3-5-6/h6H,1-5H2,(H3,9,11,13)(H2,10,12,14). The molecule has 6 heteroatoms. The van der Waals surface area contributed by atoms with Gasteiger partial charge in [0.05, 0.1) is 0 Å². The largest absolute Gasteiger partial charge is 0.375 e. The summed E-state index contributed by atoms with van der Waals surface area (Å²) >= 11 is 9.69. The highest BCUT2D eigenvalue weighted by molar-refractivity contribution is 7.80. The van der Waals surface area contributed by atoms with Crippen molar-refractivity contribution in [3.63, 3.8) is 0 Å². The molecule has 1 aliphatic carbocycles. The summed E-state index contributed by atoms with van der Waals surface area (Å²) in [6.07, 6.45) is 6.28. The van der Waals surface area contributed by atoms with Crippen LogP contribution in [0, 0.1) is 0 Å². The lowest BCUT2D eigenvalue weighted by molar-refractivity contribution is 0.411. The molecule has 0 aromatic rings. The van der Waals surface area contributed by atoms with Crippen molar-refractivity contribution >= 4 is 34.7 Å². The molecular formula is C8H16N4S2. The zero-order valence-corrected chi connectivity index (χ0v) is 9.64. The third-order valence-electron chi connectivity index (χ3n) is 2.24. The number of rotatable bonds is 1. The summed E-state index contributed by atoms with van der Waals surface area (Å²) in [7, 11) is 0. The molecule has 5 N–H and O–H groups in total. The highest BCUT2D eigenvalue weighted by Crippen LogP contribution is 2.16. The second kappa shape index (κ2) is 5.98. The highest BCUT2D eigenvalue weighted by Gasteiger charge is 2.13. The third kappa shape index (κ3) is 4.57. The van der Waals surface area contributed by atoms with E-state index in [0.29, 0.717) is 11.2 Å². The summed E-state index contributed by atoms with van der Waals surface area (Å²) in [5.74, 6) is 0. The van der Waals surface area contributed by atoms with E-state index in [4.69, 9.17) is 18.0 Å². The molecule has 0 spiro atoms. The molecule has 14 heavy (non-hydrogen) atoms. The molecule has 0 aromatic carbocycles. The minimum atomic E-state index is 0.192. The quantitative estimate of drug-likeness (QED) is 0.391. The molecule has 1 fully saturated rings. The molecule has 0 atom stereocenters. The number of nitrogens with one attached hydrogen (secondary N) is 3. The van der Waals surface area contributed by atoms with Crippen LogP contribution < -0.4 is 21.9 Å². The predicted octanol–water partition coefficient (Wildman–Crippen LogP) is 0.531. The monoisotopic (exact) mass is 232 g/mol. The summed E-state index contributed by atoms with van der Waals surface area (Å²) in [5, 5.41) is 3.97. The molecule has 1 rings (SSSR count). The smallest absolute Gasteiger partial charge is 0.185 e. The molecule has 1 aliphatic rings. The van der Waals surface area contributed by atoms with Gasteiger partial charge in [-0.25, -0.2) is 0 Å². The van der Waals surface area contributed by atoms with Crippen LogP contribution in [0.5, 0.6) is 0 Å². The molecule has 0 amide bonds. The fourth-order valence-electron chi connectivity index (χ4n) is 1.59. The Bertz CT molecular complexity index is 213. The van der Waals surface area contributed by atoms with Crippen LogP contribution in [-0.2, 0) is 0 Å². The Labute approximate surface area is 95.0 Å². The first-order chi connectivity index (χ1) is 6.68. The van der Waals surface area contributed by atoms with Gasteiger partial charge in [-0.15, -0.1) is 0 Å². The lowest BCUT2D eigenvalue weighted by atomic mass is 9.96. The van der Waals surface area contributed by atoms with Gasteiger partial charge in [-0.2, -0.15) is 0 Å². The van der Waals surface area contributed by atoms with Crippen molar-refractivity contribution in [2.24, 2.45) is 5.73 Å². The van der Waals surface area contributed by atoms with Crippen LogP contribution in [0.25, 0.3) is 0 Å². The molecule has 0 unspecified atom stereocenters. The number of hydrogen-bond donors (Lipinski definition) is 4. The van der Waals surface area contributed by atoms with Crippen molar-refractivity contribution in [3.8, 4) is 0 Å². The van der Waals surface area contributed by atoms with Gasteiger partial charge in [-0.3, -0.25) is 10.9 Å². The van der Waals surface area contributed by atoms with Crippen molar-refractivity contribution < 1.29 is 0 Å². The maximum Gasteiger partial charge on any atom is 0.185 e. The molecule has 0 aromatic heterocycles. The van der Waals surface area contributed by atoms with Gasteiger partial charge in [-0.1, -0.05) is 19.3 Å². The van der Waals surface area contributed by atoms with E-state index in [0.717, 1.165) is 0 Å². The fourth-order valence-corrected chi connectivity index (χ4v) is 1.86. The summed E-state index contributed by atoms with van der Waals surface area (Å²) in [6, 6.07) is 0.497. The van der Waals surface area contributed by atoms with Gasteiger partial charge in [0.2, 0.25) is 0 Å². The summed E-state index contributed by atoms with van der Waals surface area (Å²) < 4.78 is 0. The Balaban J connectivity index is 2.15. The van der Waals surface area contributed by atoms with E-state index >= 15 is 0 Å². The van der Waals surface area contributed by atoms with Crippen LogP contribution in [-0.4, -0.2) is 16.3 Å². The molecule has 1 saturated carbocycles. The zero-order chi connectivity index (χ0) is 10.4. The molecule has 80 valence electrons. The van der Waals surface area contributed by atoms with E-state index in [1.807, 2.05) is 0 Å². The lowest BCUT2D eigenvalue weighted by Gasteiger charge is -2.24. The van der Waals surface area contributed by atoms with Crippen LogP contribution in [0.15, 0.2) is 0 Å². The summed E-state index contributed by atoms with van der Waals surface area (Å²) in [4.78, 5) is 0. The molecule has 0 aliphatic heterocycles. The maximum atomic E-state index is 5.24. The van der Waals surface area contributed by atoms with E-state index in [2.05, 4.69) is 28.4 Å². The highest BCUT2D eigenvalue weighted by atomic mass is 32.1. The van der Waals surface area contributed by atoms with Crippen molar-refractivity contribution in [3.05, 3.63) is 0 Å². The molecule has 0 saturated heterocycles. The Morgan fingerprint density at radius 2 is 1.71 bits per heavy atom. The van der Waals surface area contributed by atoms with Crippen LogP contribution >= 0.6 is 24.4 Å². The Morgan fingerprint density at radius 1 is 1.07 bits per heavy atom. The fraction of sp³-hybridized carbons (Fsp3) is 0.750. The van der Waals surface area contributed by atoms with Crippen molar-refractivity contribution in [1.29, 1.82) is 0 Å². The number of nitrogens with two attached hydrogens (primary N) is 1. The molecular weight excluding hydrogens is 216 g/mol. The van der Waals surface area contributed by atoms with Gasteiger partial charge >= 0.3 is 0 Å². The number of hydrogen-bond acceptors (Lipinski definition) is 2. The van der Waals surface area contributed by atoms with E-state index in [1.54, 1.807) is 0 Å². The van der Waals surface area contributed by atoms with E-state index < -0.39 is 0 Å². The molecule has 0 heterocycles. The summed E-state index contributed by atoms with van der Waals surface area (Å²) in [5.41, 5.74) is 10.6. The van der Waals surface area contributed by atoms with Crippen molar-refractivity contribution in [2.45, 2.75) is 38.1 Å². The normalized spacial score (nSPS) is 17.1. The van der Waals surface area contributed by atoms with Crippen molar-refractivity contribution in [2.75, 3.05) is 0 Å². The Morgan fingerprint density at radius 3 is 2.29 bits per heavy atom. The van der Waals surface area contributed by atoms with E-state index in [-0.39, 0.29) is 5.11 Å². The first kappa shape index (κ1) is 11.5. The van der Waals surface area contributed by atoms with Crippen LogP contribution in [0.2, 0.25) is 0 Å². The second-order valence-corrected chi connectivity index (χ2v) is 4.27. The third-order valence-corrected chi connectivity index (χ3v) is 2.56. The average Bonchev–Trinajstić information content (AvgIpc) is 2.16. The Hall–Kier alpha value is -0.620. The minimum Gasteiger partial charge on any atom is -0.375 e. The minimum absolute atomic E-state index is 0.192. The molecule has 4 nitrogen and oxygen atoms in total. The zero-order valence-electron chi connectivity index (χ0n) is 8.01. The average molecular weight is 232 g/mol. The van der Waals surface area contributed by atoms with Gasteiger partial charge in [-0.05, 0) is 37.3 Å². The predicted molar refractivity (Wildman–Crippen MR) is 65.7 cm³/mol. The van der Waals surface area contributed by atoms with Gasteiger partial charge in [0.1, 0.15) is 0 Å². The van der Waals surface area contributed by atoms with Crippen LogP contribution in [0.4, 0.5) is 0 Å². The first-order valence-corrected chi connectivity index (χ1v) is 5.62.